The average Bonchev–Trinajstić information content (AvgIpc) is 2.10. The van der Waals surface area contributed by atoms with Crippen LogP contribution in [0, 0.1) is 11.8 Å². The fourth-order valence-electron chi connectivity index (χ4n) is 0.871. The van der Waals surface area contributed by atoms with Gasteiger partial charge >= 0.3 is 0 Å². The second kappa shape index (κ2) is 5.16. The molecule has 0 atom stereocenters. The van der Waals surface area contributed by atoms with Crippen LogP contribution in [0.3, 0.4) is 0 Å². The van der Waals surface area contributed by atoms with E-state index in [-0.39, 0.29) is 0 Å². The van der Waals surface area contributed by atoms with Crippen molar-refractivity contribution in [2.75, 3.05) is 11.1 Å². The van der Waals surface area contributed by atoms with Crippen molar-refractivity contribution in [1.29, 1.82) is 0 Å². The first-order valence-electron chi connectivity index (χ1n) is 3.84. The zero-order valence-electron chi connectivity index (χ0n) is 6.98. The summed E-state index contributed by atoms with van der Waals surface area (Å²) in [6.45, 7) is 0. The molecule has 3 heteroatoms. The summed E-state index contributed by atoms with van der Waals surface area (Å²) in [6, 6.07) is 5.40. The molecule has 13 heavy (non-hydrogen) atoms. The summed E-state index contributed by atoms with van der Waals surface area (Å²) in [5.41, 5.74) is 7.07. The topological polar surface area (TPSA) is 26.0 Å². The fraction of sp³-hybridized carbons (Fsp3) is 0.200. The predicted molar refractivity (Wildman–Crippen MR) is 61.2 cm³/mol. The monoisotopic (exact) mass is 257 g/mol. The number of hydrogen-bond acceptors (Lipinski definition) is 1. The zero-order chi connectivity index (χ0) is 9.68. The highest BCUT2D eigenvalue weighted by molar-refractivity contribution is 9.09. The van der Waals surface area contributed by atoms with Crippen LogP contribution in [0.5, 0.6) is 0 Å². The van der Waals surface area contributed by atoms with Crippen LogP contribution in [0.1, 0.15) is 12.0 Å². The van der Waals surface area contributed by atoms with Gasteiger partial charge in [0.15, 0.2) is 0 Å². The summed E-state index contributed by atoms with van der Waals surface area (Å²) in [5.74, 6) is 5.92. The lowest BCUT2D eigenvalue weighted by Crippen LogP contribution is -1.90. The molecule has 0 fully saturated rings. The molecule has 0 unspecified atom stereocenters. The van der Waals surface area contributed by atoms with Crippen molar-refractivity contribution in [3.63, 3.8) is 0 Å². The van der Waals surface area contributed by atoms with Crippen molar-refractivity contribution in [3.8, 4) is 11.8 Å². The molecule has 0 amide bonds. The van der Waals surface area contributed by atoms with E-state index in [0.29, 0.717) is 10.7 Å². The van der Waals surface area contributed by atoms with Gasteiger partial charge in [-0.1, -0.05) is 45.4 Å². The Labute approximate surface area is 91.4 Å². The maximum absolute atomic E-state index is 5.91. The summed E-state index contributed by atoms with van der Waals surface area (Å²) in [6.07, 6.45) is 0.796. The van der Waals surface area contributed by atoms with Crippen LogP contribution in [0.2, 0.25) is 5.02 Å². The van der Waals surface area contributed by atoms with E-state index in [0.717, 1.165) is 17.3 Å². The van der Waals surface area contributed by atoms with Crippen molar-refractivity contribution >= 4 is 33.2 Å². The van der Waals surface area contributed by atoms with E-state index in [1.165, 1.54) is 0 Å². The number of benzene rings is 1. The molecule has 0 saturated heterocycles. The Balaban J connectivity index is 2.95. The third kappa shape index (κ3) is 2.95. The van der Waals surface area contributed by atoms with E-state index in [4.69, 9.17) is 17.3 Å². The Morgan fingerprint density at radius 2 is 2.23 bits per heavy atom. The summed E-state index contributed by atoms with van der Waals surface area (Å²) >= 11 is 9.21. The fourth-order valence-corrected chi connectivity index (χ4v) is 1.30. The molecule has 2 N–H and O–H groups in total. The van der Waals surface area contributed by atoms with Gasteiger partial charge in [-0.2, -0.15) is 0 Å². The molecule has 0 saturated carbocycles. The third-order valence-electron chi connectivity index (χ3n) is 1.48. The largest absolute Gasteiger partial charge is 0.398 e. The molecule has 0 aliphatic rings. The molecule has 1 aromatic carbocycles. The Morgan fingerprint density at radius 1 is 1.46 bits per heavy atom. The molecule has 0 spiro atoms. The van der Waals surface area contributed by atoms with E-state index < -0.39 is 0 Å². The molecule has 0 bridgehead atoms. The Bertz CT molecular complexity index is 331. The average molecular weight is 259 g/mol. The standard InChI is InChI=1S/C10H9BrClN/c11-7-2-1-4-8-9(12)5-3-6-10(8)13/h3,5-6H,2,7,13H2. The van der Waals surface area contributed by atoms with Crippen molar-refractivity contribution in [3.05, 3.63) is 28.8 Å². The predicted octanol–water partition coefficient (Wildman–Crippen LogP) is 3.06. The first kappa shape index (κ1) is 10.4. The lowest BCUT2D eigenvalue weighted by Gasteiger charge is -1.98. The molecule has 68 valence electrons. The molecule has 1 rings (SSSR count). The number of rotatable bonds is 1. The minimum absolute atomic E-state index is 0.613. The SMILES string of the molecule is Nc1cccc(Cl)c1C#CCCBr. The summed E-state index contributed by atoms with van der Waals surface area (Å²) < 4.78 is 0. The Hall–Kier alpha value is -0.650. The Morgan fingerprint density at radius 3 is 2.85 bits per heavy atom. The van der Waals surface area contributed by atoms with Crippen molar-refractivity contribution < 1.29 is 0 Å². The van der Waals surface area contributed by atoms with Crippen LogP contribution < -0.4 is 5.73 Å². The Kier molecular flexibility index (Phi) is 4.14. The van der Waals surface area contributed by atoms with E-state index >= 15 is 0 Å². The molecule has 0 heterocycles. The quantitative estimate of drug-likeness (QED) is 0.468. The summed E-state index contributed by atoms with van der Waals surface area (Å²) in [5, 5.41) is 1.48. The number of anilines is 1. The highest BCUT2D eigenvalue weighted by Crippen LogP contribution is 2.20. The zero-order valence-corrected chi connectivity index (χ0v) is 9.32. The lowest BCUT2D eigenvalue weighted by atomic mass is 10.2. The number of hydrogen-bond donors (Lipinski definition) is 1. The summed E-state index contributed by atoms with van der Waals surface area (Å²) in [7, 11) is 0. The van der Waals surface area contributed by atoms with Gasteiger partial charge in [-0.25, -0.2) is 0 Å². The molecule has 1 nitrogen and oxygen atoms in total. The minimum atomic E-state index is 0.613. The van der Waals surface area contributed by atoms with Crippen molar-refractivity contribution in [1.82, 2.24) is 0 Å². The van der Waals surface area contributed by atoms with Gasteiger partial charge in [0, 0.05) is 17.4 Å². The second-order valence-corrected chi connectivity index (χ2v) is 3.65. The maximum Gasteiger partial charge on any atom is 0.0661 e. The highest BCUT2D eigenvalue weighted by atomic mass is 79.9. The van der Waals surface area contributed by atoms with E-state index in [1.807, 2.05) is 6.07 Å². The normalized spacial score (nSPS) is 9.08. The first-order valence-corrected chi connectivity index (χ1v) is 5.34. The van der Waals surface area contributed by atoms with Gasteiger partial charge in [-0.15, -0.1) is 0 Å². The van der Waals surface area contributed by atoms with Crippen molar-refractivity contribution in [2.24, 2.45) is 0 Å². The van der Waals surface area contributed by atoms with Gasteiger partial charge in [0.05, 0.1) is 10.6 Å². The number of alkyl halides is 1. The lowest BCUT2D eigenvalue weighted by molar-refractivity contribution is 1.32. The van der Waals surface area contributed by atoms with E-state index in [1.54, 1.807) is 12.1 Å². The number of nitrogens with two attached hydrogens (primary N) is 1. The summed E-state index contributed by atoms with van der Waals surface area (Å²) in [4.78, 5) is 0. The molecule has 0 aliphatic heterocycles. The molecule has 1 aromatic rings. The van der Waals surface area contributed by atoms with Gasteiger partial charge in [0.1, 0.15) is 0 Å². The molecule has 0 radical (unpaired) electrons. The highest BCUT2D eigenvalue weighted by Gasteiger charge is 1.99. The molecule has 0 aromatic heterocycles. The van der Waals surface area contributed by atoms with Crippen LogP contribution in [-0.2, 0) is 0 Å². The van der Waals surface area contributed by atoms with E-state index in [9.17, 15) is 0 Å². The van der Waals surface area contributed by atoms with Crippen LogP contribution >= 0.6 is 27.5 Å². The van der Waals surface area contributed by atoms with Crippen molar-refractivity contribution in [2.45, 2.75) is 6.42 Å². The van der Waals surface area contributed by atoms with Crippen LogP contribution in [0.4, 0.5) is 5.69 Å². The molecule has 0 aliphatic carbocycles. The number of halogens is 2. The first-order chi connectivity index (χ1) is 6.25. The second-order valence-electron chi connectivity index (χ2n) is 2.44. The van der Waals surface area contributed by atoms with Gasteiger partial charge in [0.2, 0.25) is 0 Å². The molecular formula is C10H9BrClN. The third-order valence-corrected chi connectivity index (χ3v) is 2.19. The number of nitrogen functional groups attached to an aromatic ring is 1. The van der Waals surface area contributed by atoms with Gasteiger partial charge in [-0.05, 0) is 12.1 Å². The van der Waals surface area contributed by atoms with Crippen LogP contribution in [0.25, 0.3) is 0 Å². The van der Waals surface area contributed by atoms with Crippen LogP contribution in [0.15, 0.2) is 18.2 Å². The smallest absolute Gasteiger partial charge is 0.0661 e. The van der Waals surface area contributed by atoms with Gasteiger partial charge < -0.3 is 5.73 Å². The van der Waals surface area contributed by atoms with Crippen LogP contribution in [-0.4, -0.2) is 5.33 Å². The van der Waals surface area contributed by atoms with Gasteiger partial charge in [0.25, 0.3) is 0 Å². The minimum Gasteiger partial charge on any atom is -0.398 e. The molecular weight excluding hydrogens is 249 g/mol. The maximum atomic E-state index is 5.91. The van der Waals surface area contributed by atoms with Gasteiger partial charge in [-0.3, -0.25) is 0 Å². The van der Waals surface area contributed by atoms with E-state index in [2.05, 4.69) is 27.8 Å².